The normalized spacial score (nSPS) is 10.8. The highest BCUT2D eigenvalue weighted by atomic mass is 16.4. The maximum absolute atomic E-state index is 10.9. The number of amides is 1. The van der Waals surface area contributed by atoms with Crippen LogP contribution in [0.5, 0.6) is 0 Å². The van der Waals surface area contributed by atoms with E-state index in [0.717, 1.165) is 16.3 Å². The highest BCUT2D eigenvalue weighted by Crippen LogP contribution is 2.32. The predicted octanol–water partition coefficient (Wildman–Crippen LogP) is 4.05. The first kappa shape index (κ1) is 11.5. The zero-order valence-corrected chi connectivity index (χ0v) is 9.90. The molecule has 0 aliphatic heterocycles. The topological polar surface area (TPSA) is 49.3 Å². The van der Waals surface area contributed by atoms with Gasteiger partial charge >= 0.3 is 6.09 Å². The third-order valence-corrected chi connectivity index (χ3v) is 2.82. The number of rotatable bonds is 2. The van der Waals surface area contributed by atoms with Crippen LogP contribution < -0.4 is 5.32 Å². The van der Waals surface area contributed by atoms with Crippen molar-refractivity contribution in [1.82, 2.24) is 0 Å². The van der Waals surface area contributed by atoms with Gasteiger partial charge in [-0.25, -0.2) is 4.79 Å². The van der Waals surface area contributed by atoms with Crippen molar-refractivity contribution in [2.75, 3.05) is 5.32 Å². The summed E-state index contributed by atoms with van der Waals surface area (Å²) in [4.78, 5) is 10.9. The minimum absolute atomic E-state index is 0.279. The molecule has 0 unspecified atom stereocenters. The third-order valence-electron chi connectivity index (χ3n) is 2.82. The molecule has 0 radical (unpaired) electrons. The van der Waals surface area contributed by atoms with E-state index >= 15 is 0 Å². The number of fused-ring (bicyclic) bond motifs is 1. The van der Waals surface area contributed by atoms with Crippen molar-refractivity contribution in [2.24, 2.45) is 0 Å². The monoisotopic (exact) mass is 229 g/mol. The summed E-state index contributed by atoms with van der Waals surface area (Å²) in [5.41, 5.74) is 1.72. The first-order chi connectivity index (χ1) is 8.09. The smallest absolute Gasteiger partial charge is 0.409 e. The Morgan fingerprint density at radius 1 is 1.18 bits per heavy atom. The fraction of sp³-hybridized carbons (Fsp3) is 0.214. The van der Waals surface area contributed by atoms with E-state index in [1.54, 1.807) is 0 Å². The van der Waals surface area contributed by atoms with Crippen LogP contribution in [0.2, 0.25) is 0 Å². The van der Waals surface area contributed by atoms with Gasteiger partial charge in [-0.15, -0.1) is 0 Å². The van der Waals surface area contributed by atoms with Gasteiger partial charge in [0.15, 0.2) is 0 Å². The molecule has 0 saturated heterocycles. The lowest BCUT2D eigenvalue weighted by Crippen LogP contribution is -2.10. The average Bonchev–Trinajstić information content (AvgIpc) is 2.28. The summed E-state index contributed by atoms with van der Waals surface area (Å²) in [5, 5.41) is 13.4. The molecule has 0 aromatic heterocycles. The summed E-state index contributed by atoms with van der Waals surface area (Å²) in [6.07, 6.45) is -1.02. The van der Waals surface area contributed by atoms with Gasteiger partial charge in [0.05, 0.1) is 5.69 Å². The van der Waals surface area contributed by atoms with Crippen molar-refractivity contribution in [2.45, 2.75) is 19.8 Å². The lowest BCUT2D eigenvalue weighted by Gasteiger charge is -2.15. The molecule has 0 saturated carbocycles. The summed E-state index contributed by atoms with van der Waals surface area (Å²) in [6, 6.07) is 11.8. The van der Waals surface area contributed by atoms with Crippen molar-refractivity contribution in [3.63, 3.8) is 0 Å². The molecule has 0 aliphatic carbocycles. The molecule has 88 valence electrons. The third kappa shape index (κ3) is 2.23. The Labute approximate surface area is 100 Å². The Hall–Kier alpha value is -2.03. The summed E-state index contributed by atoms with van der Waals surface area (Å²) in [5.74, 6) is 0.279. The van der Waals surface area contributed by atoms with Gasteiger partial charge in [0, 0.05) is 5.39 Å². The van der Waals surface area contributed by atoms with E-state index in [4.69, 9.17) is 5.11 Å². The second-order valence-corrected chi connectivity index (χ2v) is 4.34. The molecule has 2 aromatic rings. The maximum atomic E-state index is 10.9. The molecule has 0 spiro atoms. The van der Waals surface area contributed by atoms with Crippen molar-refractivity contribution >= 4 is 22.6 Å². The van der Waals surface area contributed by atoms with Crippen LogP contribution in [0.1, 0.15) is 25.3 Å². The van der Waals surface area contributed by atoms with Crippen LogP contribution in [-0.4, -0.2) is 11.2 Å². The van der Waals surface area contributed by atoms with Gasteiger partial charge in [-0.3, -0.25) is 5.32 Å². The van der Waals surface area contributed by atoms with Gasteiger partial charge < -0.3 is 5.11 Å². The van der Waals surface area contributed by atoms with Gasteiger partial charge in [0.2, 0.25) is 0 Å². The molecule has 0 fully saturated rings. The van der Waals surface area contributed by atoms with Crippen LogP contribution in [0.25, 0.3) is 10.8 Å². The van der Waals surface area contributed by atoms with E-state index in [-0.39, 0.29) is 5.92 Å². The Balaban J connectivity index is 2.70. The number of nitrogens with one attached hydrogen (secondary N) is 1. The molecule has 2 N–H and O–H groups in total. The molecule has 0 heterocycles. The highest BCUT2D eigenvalue weighted by Gasteiger charge is 2.12. The summed E-state index contributed by atoms with van der Waals surface area (Å²) in [6.45, 7) is 4.11. The zero-order chi connectivity index (χ0) is 12.4. The molecule has 3 heteroatoms. The number of hydrogen-bond acceptors (Lipinski definition) is 1. The number of carboxylic acid groups (broad SMARTS) is 1. The molecule has 2 aromatic carbocycles. The van der Waals surface area contributed by atoms with Crippen LogP contribution in [0.3, 0.4) is 0 Å². The van der Waals surface area contributed by atoms with Crippen LogP contribution in [0.4, 0.5) is 10.5 Å². The Bertz CT molecular complexity index is 561. The highest BCUT2D eigenvalue weighted by molar-refractivity contribution is 6.01. The number of carbonyl (C=O) groups is 1. The zero-order valence-electron chi connectivity index (χ0n) is 9.90. The molecule has 0 bridgehead atoms. The summed E-state index contributed by atoms with van der Waals surface area (Å²) in [7, 11) is 0. The number of benzene rings is 2. The quantitative estimate of drug-likeness (QED) is 0.816. The number of hydrogen-bond donors (Lipinski definition) is 2. The molecular weight excluding hydrogens is 214 g/mol. The average molecular weight is 229 g/mol. The summed E-state index contributed by atoms with van der Waals surface area (Å²) < 4.78 is 0. The van der Waals surface area contributed by atoms with E-state index < -0.39 is 6.09 Å². The van der Waals surface area contributed by atoms with E-state index in [2.05, 4.69) is 19.2 Å². The van der Waals surface area contributed by atoms with Gasteiger partial charge in [0.1, 0.15) is 0 Å². The standard InChI is InChI=1S/C14H15NO2/c1-9(2)11-8-7-10-5-3-4-6-12(10)13(11)15-14(16)17/h3-9,15H,1-2H3,(H,16,17). The van der Waals surface area contributed by atoms with Crippen LogP contribution in [-0.2, 0) is 0 Å². The fourth-order valence-corrected chi connectivity index (χ4v) is 2.02. The van der Waals surface area contributed by atoms with E-state index in [0.29, 0.717) is 5.69 Å². The van der Waals surface area contributed by atoms with E-state index in [1.165, 1.54) is 0 Å². The molecule has 0 aliphatic rings. The van der Waals surface area contributed by atoms with Gasteiger partial charge in [-0.05, 0) is 16.9 Å². The van der Waals surface area contributed by atoms with Gasteiger partial charge in [-0.1, -0.05) is 50.2 Å². The molecule has 2 rings (SSSR count). The lowest BCUT2D eigenvalue weighted by atomic mass is 9.96. The minimum atomic E-state index is -1.02. The molecule has 1 amide bonds. The molecular formula is C14H15NO2. The molecule has 3 nitrogen and oxygen atoms in total. The first-order valence-corrected chi connectivity index (χ1v) is 5.61. The Kier molecular flexibility index (Phi) is 3.00. The summed E-state index contributed by atoms with van der Waals surface area (Å²) >= 11 is 0. The molecule has 0 atom stereocenters. The SMILES string of the molecule is CC(C)c1ccc2ccccc2c1NC(=O)O. The van der Waals surface area contributed by atoms with Crippen molar-refractivity contribution in [3.05, 3.63) is 42.0 Å². The Morgan fingerprint density at radius 2 is 1.88 bits per heavy atom. The van der Waals surface area contributed by atoms with Crippen molar-refractivity contribution in [3.8, 4) is 0 Å². The van der Waals surface area contributed by atoms with E-state index in [9.17, 15) is 4.79 Å². The predicted molar refractivity (Wildman–Crippen MR) is 69.7 cm³/mol. The fourth-order valence-electron chi connectivity index (χ4n) is 2.02. The largest absolute Gasteiger partial charge is 0.465 e. The second kappa shape index (κ2) is 4.45. The van der Waals surface area contributed by atoms with Gasteiger partial charge in [0.25, 0.3) is 0 Å². The van der Waals surface area contributed by atoms with Crippen molar-refractivity contribution in [1.29, 1.82) is 0 Å². The van der Waals surface area contributed by atoms with Crippen molar-refractivity contribution < 1.29 is 9.90 Å². The van der Waals surface area contributed by atoms with Gasteiger partial charge in [-0.2, -0.15) is 0 Å². The molecule has 17 heavy (non-hydrogen) atoms. The minimum Gasteiger partial charge on any atom is -0.465 e. The lowest BCUT2D eigenvalue weighted by molar-refractivity contribution is 0.210. The number of anilines is 1. The van der Waals surface area contributed by atoms with Crippen LogP contribution >= 0.6 is 0 Å². The van der Waals surface area contributed by atoms with E-state index in [1.807, 2.05) is 36.4 Å². The second-order valence-electron chi connectivity index (χ2n) is 4.34. The maximum Gasteiger partial charge on any atom is 0.409 e. The van der Waals surface area contributed by atoms with Crippen LogP contribution in [0.15, 0.2) is 36.4 Å². The van der Waals surface area contributed by atoms with Crippen LogP contribution in [0, 0.1) is 0 Å². The Morgan fingerprint density at radius 3 is 2.53 bits per heavy atom. The first-order valence-electron chi connectivity index (χ1n) is 5.61.